The molecule has 1 aromatic carbocycles. The van der Waals surface area contributed by atoms with Crippen molar-refractivity contribution in [2.75, 3.05) is 13.2 Å². The van der Waals surface area contributed by atoms with Gasteiger partial charge >= 0.3 is 5.97 Å². The largest absolute Gasteiger partial charge is 0.480 e. The van der Waals surface area contributed by atoms with Crippen molar-refractivity contribution in [2.45, 2.75) is 38.6 Å². The van der Waals surface area contributed by atoms with E-state index in [0.29, 0.717) is 12.0 Å². The molecule has 0 fully saturated rings. The van der Waals surface area contributed by atoms with Crippen LogP contribution in [0.5, 0.6) is 5.75 Å². The van der Waals surface area contributed by atoms with Crippen LogP contribution in [0.3, 0.4) is 0 Å². The molecule has 1 rings (SSSR count). The molecule has 0 spiro atoms. The Kier molecular flexibility index (Phi) is 9.21. The van der Waals surface area contributed by atoms with Gasteiger partial charge in [-0.2, -0.15) is 0 Å². The molecule has 1 aromatic rings. The number of ketones is 1. The molecule has 0 amide bonds. The van der Waals surface area contributed by atoms with Gasteiger partial charge in [-0.15, -0.1) is 0 Å². The number of carbonyl (C=O) groups excluding carboxylic acids is 2. The maximum absolute atomic E-state index is 12.2. The third-order valence-electron chi connectivity index (χ3n) is 3.69. The van der Waals surface area contributed by atoms with Crippen molar-refractivity contribution >= 4 is 35.0 Å². The van der Waals surface area contributed by atoms with Gasteiger partial charge in [0, 0.05) is 5.56 Å². The van der Waals surface area contributed by atoms with Crippen LogP contribution in [0.25, 0.3) is 0 Å². The molecule has 0 unspecified atom stereocenters. The second-order valence-corrected chi connectivity index (χ2v) is 6.55. The maximum atomic E-state index is 12.2. The molecule has 0 aromatic heterocycles. The monoisotopic (exact) mass is 420 g/mol. The molecule has 0 saturated heterocycles. The Morgan fingerprint density at radius 1 is 1.19 bits per heavy atom. The normalized spacial score (nSPS) is 14.2. The summed E-state index contributed by atoms with van der Waals surface area (Å²) in [6.45, 7) is 5.68. The number of halogens is 2. The molecule has 0 aliphatic rings. The molecule has 27 heavy (non-hydrogen) atoms. The average molecular weight is 421 g/mol. The SMILES string of the molecule is C=C(CC)C(=O)c1ccc(OCC(=O)OC[C@H](O)[C@@H](O)[C@@H](C)O)c(Cl)c1Cl. The number of hydrogen-bond acceptors (Lipinski definition) is 7. The van der Waals surface area contributed by atoms with Gasteiger partial charge in [0.05, 0.1) is 11.1 Å². The third kappa shape index (κ3) is 6.48. The molecule has 0 radical (unpaired) electrons. The zero-order valence-electron chi connectivity index (χ0n) is 14.9. The highest BCUT2D eigenvalue weighted by atomic mass is 35.5. The number of hydrogen-bond donors (Lipinski definition) is 3. The van der Waals surface area contributed by atoms with Gasteiger partial charge in [-0.1, -0.05) is 36.7 Å². The lowest BCUT2D eigenvalue weighted by atomic mass is 10.0. The van der Waals surface area contributed by atoms with E-state index in [4.69, 9.17) is 37.8 Å². The topological polar surface area (TPSA) is 113 Å². The first-order valence-corrected chi connectivity index (χ1v) is 8.88. The van der Waals surface area contributed by atoms with Crippen molar-refractivity contribution in [1.82, 2.24) is 0 Å². The Balaban J connectivity index is 2.67. The molecule has 7 nitrogen and oxygen atoms in total. The standard InChI is InChI=1S/C18H22Cl2O7/c1-4-9(2)17(24)11-5-6-13(16(20)15(11)19)26-8-14(23)27-7-12(22)18(25)10(3)21/h5-6,10,12,18,21-22,25H,2,4,7-8H2,1,3H3/t10-,12+,18+/m1/s1. The molecule has 0 aliphatic heterocycles. The number of allylic oxidation sites excluding steroid dienone is 1. The van der Waals surface area contributed by atoms with Gasteiger partial charge in [0.15, 0.2) is 12.4 Å². The smallest absolute Gasteiger partial charge is 0.344 e. The fraction of sp³-hybridized carbons (Fsp3) is 0.444. The Morgan fingerprint density at radius 2 is 1.81 bits per heavy atom. The van der Waals surface area contributed by atoms with Gasteiger partial charge in [-0.05, 0) is 31.1 Å². The number of benzene rings is 1. The van der Waals surface area contributed by atoms with Crippen LogP contribution in [0.4, 0.5) is 0 Å². The summed E-state index contributed by atoms with van der Waals surface area (Å²) in [6, 6.07) is 2.81. The lowest BCUT2D eigenvalue weighted by Crippen LogP contribution is -2.39. The quantitative estimate of drug-likeness (QED) is 0.302. The van der Waals surface area contributed by atoms with E-state index in [9.17, 15) is 19.8 Å². The molecule has 0 bridgehead atoms. The summed E-state index contributed by atoms with van der Waals surface area (Å²) in [5.74, 6) is -1.10. The lowest BCUT2D eigenvalue weighted by Gasteiger charge is -2.19. The van der Waals surface area contributed by atoms with Crippen molar-refractivity contribution in [3.8, 4) is 5.75 Å². The predicted octanol–water partition coefficient (Wildman–Crippen LogP) is 2.17. The van der Waals surface area contributed by atoms with Gasteiger partial charge in [0.25, 0.3) is 0 Å². The fourth-order valence-corrected chi connectivity index (χ4v) is 2.41. The Morgan fingerprint density at radius 3 is 2.37 bits per heavy atom. The first kappa shape index (κ1) is 23.4. The number of aliphatic hydroxyl groups excluding tert-OH is 3. The summed E-state index contributed by atoms with van der Waals surface area (Å²) in [7, 11) is 0. The Labute approximate surface area is 167 Å². The summed E-state index contributed by atoms with van der Waals surface area (Å²) in [6.07, 6.45) is -3.60. The van der Waals surface area contributed by atoms with Gasteiger partial charge in [0.1, 0.15) is 29.6 Å². The van der Waals surface area contributed by atoms with E-state index in [1.165, 1.54) is 19.1 Å². The number of aliphatic hydroxyl groups is 3. The van der Waals surface area contributed by atoms with Crippen LogP contribution >= 0.6 is 23.2 Å². The number of ether oxygens (including phenoxy) is 2. The third-order valence-corrected chi connectivity index (χ3v) is 4.55. The second kappa shape index (κ2) is 10.6. The maximum Gasteiger partial charge on any atom is 0.344 e. The molecule has 150 valence electrons. The molecule has 0 saturated carbocycles. The van der Waals surface area contributed by atoms with Crippen LogP contribution < -0.4 is 4.74 Å². The Hall–Kier alpha value is -1.64. The minimum atomic E-state index is -1.45. The van der Waals surface area contributed by atoms with Crippen LogP contribution in [0.1, 0.15) is 30.6 Å². The Bertz CT molecular complexity index is 703. The summed E-state index contributed by atoms with van der Waals surface area (Å²) in [5, 5.41) is 28.1. The zero-order chi connectivity index (χ0) is 20.7. The summed E-state index contributed by atoms with van der Waals surface area (Å²) in [4.78, 5) is 23.8. The van der Waals surface area contributed by atoms with Crippen LogP contribution in [0.2, 0.25) is 10.0 Å². The van der Waals surface area contributed by atoms with Crippen molar-refractivity contribution in [3.63, 3.8) is 0 Å². The van der Waals surface area contributed by atoms with Crippen molar-refractivity contribution < 1.29 is 34.4 Å². The highest BCUT2D eigenvalue weighted by Crippen LogP contribution is 2.35. The molecule has 9 heteroatoms. The summed E-state index contributed by atoms with van der Waals surface area (Å²) < 4.78 is 9.97. The molecular formula is C18H22Cl2O7. The van der Waals surface area contributed by atoms with E-state index in [0.717, 1.165) is 0 Å². The minimum Gasteiger partial charge on any atom is -0.480 e. The number of Topliss-reactive ketones (excluding diaryl/α,β-unsaturated/α-hetero) is 1. The van der Waals surface area contributed by atoms with E-state index in [1.54, 1.807) is 6.92 Å². The van der Waals surface area contributed by atoms with Gasteiger partial charge in [-0.25, -0.2) is 4.79 Å². The van der Waals surface area contributed by atoms with E-state index in [1.807, 2.05) is 0 Å². The van der Waals surface area contributed by atoms with E-state index in [2.05, 4.69) is 6.58 Å². The highest BCUT2D eigenvalue weighted by molar-refractivity contribution is 6.45. The van der Waals surface area contributed by atoms with Crippen LogP contribution in [0.15, 0.2) is 24.3 Å². The minimum absolute atomic E-state index is 0.0161. The van der Waals surface area contributed by atoms with Crippen LogP contribution in [-0.4, -0.2) is 58.6 Å². The number of esters is 1. The van der Waals surface area contributed by atoms with E-state index >= 15 is 0 Å². The van der Waals surface area contributed by atoms with Crippen molar-refractivity contribution in [3.05, 3.63) is 39.9 Å². The molecule has 0 aliphatic carbocycles. The second-order valence-electron chi connectivity index (χ2n) is 5.80. The van der Waals surface area contributed by atoms with E-state index < -0.39 is 37.5 Å². The highest BCUT2D eigenvalue weighted by Gasteiger charge is 2.23. The molecule has 3 atom stereocenters. The zero-order valence-corrected chi connectivity index (χ0v) is 16.5. The van der Waals surface area contributed by atoms with Crippen molar-refractivity contribution in [1.29, 1.82) is 0 Å². The van der Waals surface area contributed by atoms with Gasteiger partial charge in [0.2, 0.25) is 0 Å². The average Bonchev–Trinajstić information content (AvgIpc) is 2.65. The van der Waals surface area contributed by atoms with Crippen molar-refractivity contribution in [2.24, 2.45) is 0 Å². The molecular weight excluding hydrogens is 399 g/mol. The fourth-order valence-electron chi connectivity index (χ4n) is 1.95. The first-order chi connectivity index (χ1) is 12.6. The summed E-state index contributed by atoms with van der Waals surface area (Å²) in [5.41, 5.74) is 0.557. The van der Waals surface area contributed by atoms with Gasteiger partial charge < -0.3 is 24.8 Å². The molecule has 0 heterocycles. The number of carbonyl (C=O) groups is 2. The number of rotatable bonds is 10. The van der Waals surface area contributed by atoms with E-state index in [-0.39, 0.29) is 27.1 Å². The summed E-state index contributed by atoms with van der Waals surface area (Å²) >= 11 is 12.2. The lowest BCUT2D eigenvalue weighted by molar-refractivity contribution is -0.153. The predicted molar refractivity (Wildman–Crippen MR) is 100 cm³/mol. The van der Waals surface area contributed by atoms with Gasteiger partial charge in [-0.3, -0.25) is 4.79 Å². The van der Waals surface area contributed by atoms with Crippen LogP contribution in [0, 0.1) is 0 Å². The first-order valence-electron chi connectivity index (χ1n) is 8.13. The molecule has 3 N–H and O–H groups in total. The van der Waals surface area contributed by atoms with Crippen LogP contribution in [-0.2, 0) is 9.53 Å².